The van der Waals surface area contributed by atoms with E-state index in [0.29, 0.717) is 13.1 Å². The molecule has 0 unspecified atom stereocenters. The first-order chi connectivity index (χ1) is 7.13. The number of hydrogen-bond donors (Lipinski definition) is 1. The highest BCUT2D eigenvalue weighted by Crippen LogP contribution is 2.05. The number of urea groups is 1. The first kappa shape index (κ1) is 11.6. The molecule has 0 saturated carbocycles. The Bertz CT molecular complexity index is 294. The van der Waals surface area contributed by atoms with Gasteiger partial charge in [0.2, 0.25) is 0 Å². The molecular weight excluding hydrogens is 192 g/mol. The van der Waals surface area contributed by atoms with Gasteiger partial charge in [-0.25, -0.2) is 4.79 Å². The molecule has 15 heavy (non-hydrogen) atoms. The summed E-state index contributed by atoms with van der Waals surface area (Å²) in [5.41, 5.74) is 1.01. The Morgan fingerprint density at radius 1 is 1.60 bits per heavy atom. The summed E-state index contributed by atoms with van der Waals surface area (Å²) in [5, 5.41) is 2.86. The quantitative estimate of drug-likeness (QED) is 0.828. The van der Waals surface area contributed by atoms with Crippen molar-refractivity contribution < 1.29 is 9.21 Å². The van der Waals surface area contributed by atoms with Gasteiger partial charge in [0.1, 0.15) is 0 Å². The molecule has 0 saturated heterocycles. The molecule has 1 heterocycles. The third kappa shape index (κ3) is 3.65. The van der Waals surface area contributed by atoms with Gasteiger partial charge in [-0.3, -0.25) is 0 Å². The maximum Gasteiger partial charge on any atom is 0.317 e. The number of carbonyl (C=O) groups excluding carboxylic acids is 1. The van der Waals surface area contributed by atoms with Gasteiger partial charge in [0, 0.05) is 18.2 Å². The average molecular weight is 210 g/mol. The van der Waals surface area contributed by atoms with Crippen molar-refractivity contribution >= 4 is 6.03 Å². The number of amides is 2. The van der Waals surface area contributed by atoms with Gasteiger partial charge in [-0.1, -0.05) is 0 Å². The van der Waals surface area contributed by atoms with Crippen LogP contribution in [0.3, 0.4) is 0 Å². The minimum absolute atomic E-state index is 0.0336. The van der Waals surface area contributed by atoms with E-state index in [1.807, 2.05) is 26.8 Å². The molecule has 2 amide bonds. The fraction of sp³-hybridized carbons (Fsp3) is 0.545. The molecule has 1 aromatic heterocycles. The van der Waals surface area contributed by atoms with Gasteiger partial charge < -0.3 is 14.6 Å². The van der Waals surface area contributed by atoms with Gasteiger partial charge in [0.15, 0.2) is 0 Å². The Kier molecular flexibility index (Phi) is 4.21. The summed E-state index contributed by atoms with van der Waals surface area (Å²) in [5.74, 6) is 0. The zero-order valence-electron chi connectivity index (χ0n) is 9.49. The summed E-state index contributed by atoms with van der Waals surface area (Å²) in [6.45, 7) is 7.13. The second kappa shape index (κ2) is 5.44. The van der Waals surface area contributed by atoms with Crippen LogP contribution in [0.1, 0.15) is 26.3 Å². The minimum atomic E-state index is -0.0336. The van der Waals surface area contributed by atoms with Gasteiger partial charge in [-0.05, 0) is 26.8 Å². The SMILES string of the molecule is CCN(Cc1ccoc1)C(=O)NC(C)C. The molecule has 1 N–H and O–H groups in total. The van der Waals surface area contributed by atoms with Crippen LogP contribution in [0, 0.1) is 0 Å². The highest BCUT2D eigenvalue weighted by atomic mass is 16.3. The van der Waals surface area contributed by atoms with E-state index in [1.54, 1.807) is 17.4 Å². The second-order valence-electron chi connectivity index (χ2n) is 3.75. The van der Waals surface area contributed by atoms with Gasteiger partial charge in [0.05, 0.1) is 19.1 Å². The van der Waals surface area contributed by atoms with Crippen molar-refractivity contribution in [1.82, 2.24) is 10.2 Å². The van der Waals surface area contributed by atoms with E-state index in [9.17, 15) is 4.79 Å². The Balaban J connectivity index is 2.52. The molecule has 0 radical (unpaired) electrons. The molecule has 1 aromatic rings. The molecule has 0 aliphatic rings. The monoisotopic (exact) mass is 210 g/mol. The predicted molar refractivity (Wildman–Crippen MR) is 58.5 cm³/mol. The van der Waals surface area contributed by atoms with E-state index >= 15 is 0 Å². The van der Waals surface area contributed by atoms with E-state index in [0.717, 1.165) is 5.56 Å². The first-order valence-corrected chi connectivity index (χ1v) is 5.20. The summed E-state index contributed by atoms with van der Waals surface area (Å²) in [7, 11) is 0. The van der Waals surface area contributed by atoms with Crippen LogP contribution < -0.4 is 5.32 Å². The molecule has 1 rings (SSSR count). The van der Waals surface area contributed by atoms with E-state index in [2.05, 4.69) is 5.32 Å². The summed E-state index contributed by atoms with van der Waals surface area (Å²) in [4.78, 5) is 13.4. The smallest absolute Gasteiger partial charge is 0.317 e. The van der Waals surface area contributed by atoms with E-state index in [4.69, 9.17) is 4.42 Å². The third-order valence-corrected chi connectivity index (χ3v) is 2.03. The van der Waals surface area contributed by atoms with Gasteiger partial charge in [-0.2, -0.15) is 0 Å². The van der Waals surface area contributed by atoms with Crippen molar-refractivity contribution in [3.05, 3.63) is 24.2 Å². The van der Waals surface area contributed by atoms with Gasteiger partial charge in [-0.15, -0.1) is 0 Å². The van der Waals surface area contributed by atoms with E-state index in [1.165, 1.54) is 0 Å². The number of nitrogens with zero attached hydrogens (tertiary/aromatic N) is 1. The molecule has 0 aliphatic heterocycles. The Morgan fingerprint density at radius 2 is 2.33 bits per heavy atom. The summed E-state index contributed by atoms with van der Waals surface area (Å²) < 4.78 is 4.96. The molecule has 84 valence electrons. The van der Waals surface area contributed by atoms with Crippen molar-refractivity contribution in [2.45, 2.75) is 33.4 Å². The Hall–Kier alpha value is -1.45. The first-order valence-electron chi connectivity index (χ1n) is 5.20. The van der Waals surface area contributed by atoms with Crippen LogP contribution in [0.25, 0.3) is 0 Å². The van der Waals surface area contributed by atoms with Gasteiger partial charge in [0.25, 0.3) is 0 Å². The molecule has 0 bridgehead atoms. The minimum Gasteiger partial charge on any atom is -0.472 e. The van der Waals surface area contributed by atoms with Crippen molar-refractivity contribution in [3.8, 4) is 0 Å². The summed E-state index contributed by atoms with van der Waals surface area (Å²) in [6.07, 6.45) is 3.27. The van der Waals surface area contributed by atoms with E-state index in [-0.39, 0.29) is 12.1 Å². The predicted octanol–water partition coefficient (Wildman–Crippen LogP) is 2.22. The van der Waals surface area contributed by atoms with Crippen LogP contribution in [0.5, 0.6) is 0 Å². The third-order valence-electron chi connectivity index (χ3n) is 2.03. The maximum absolute atomic E-state index is 11.7. The maximum atomic E-state index is 11.7. The van der Waals surface area contributed by atoms with Crippen LogP contribution in [-0.2, 0) is 6.54 Å². The van der Waals surface area contributed by atoms with Crippen molar-refractivity contribution in [1.29, 1.82) is 0 Å². The molecule has 0 spiro atoms. The molecule has 0 atom stereocenters. The van der Waals surface area contributed by atoms with Crippen LogP contribution in [0.15, 0.2) is 23.0 Å². The number of furan rings is 1. The number of carbonyl (C=O) groups is 1. The lowest BCUT2D eigenvalue weighted by atomic mass is 10.3. The molecule has 4 nitrogen and oxygen atoms in total. The highest BCUT2D eigenvalue weighted by Gasteiger charge is 2.12. The van der Waals surface area contributed by atoms with Crippen LogP contribution in [-0.4, -0.2) is 23.5 Å². The second-order valence-corrected chi connectivity index (χ2v) is 3.75. The van der Waals surface area contributed by atoms with Crippen molar-refractivity contribution in [2.24, 2.45) is 0 Å². The number of rotatable bonds is 4. The van der Waals surface area contributed by atoms with Crippen LogP contribution in [0.4, 0.5) is 4.79 Å². The van der Waals surface area contributed by atoms with E-state index < -0.39 is 0 Å². The van der Waals surface area contributed by atoms with Crippen molar-refractivity contribution in [2.75, 3.05) is 6.54 Å². The topological polar surface area (TPSA) is 45.5 Å². The average Bonchev–Trinajstić information content (AvgIpc) is 2.65. The van der Waals surface area contributed by atoms with Crippen LogP contribution in [0.2, 0.25) is 0 Å². The number of nitrogens with one attached hydrogen (secondary N) is 1. The summed E-state index contributed by atoms with van der Waals surface area (Å²) in [6, 6.07) is 2.00. The molecule has 0 aromatic carbocycles. The van der Waals surface area contributed by atoms with Gasteiger partial charge >= 0.3 is 6.03 Å². The largest absolute Gasteiger partial charge is 0.472 e. The lowest BCUT2D eigenvalue weighted by Gasteiger charge is -2.22. The molecular formula is C11H18N2O2. The molecule has 0 fully saturated rings. The molecule has 4 heteroatoms. The Labute approximate surface area is 90.3 Å². The standard InChI is InChI=1S/C11H18N2O2/c1-4-13(11(14)12-9(2)3)7-10-5-6-15-8-10/h5-6,8-9H,4,7H2,1-3H3,(H,12,14). The molecule has 0 aliphatic carbocycles. The zero-order valence-corrected chi connectivity index (χ0v) is 9.49. The zero-order chi connectivity index (χ0) is 11.3. The van der Waals surface area contributed by atoms with Crippen LogP contribution >= 0.6 is 0 Å². The normalized spacial score (nSPS) is 10.4. The highest BCUT2D eigenvalue weighted by molar-refractivity contribution is 5.74. The number of hydrogen-bond acceptors (Lipinski definition) is 2. The lowest BCUT2D eigenvalue weighted by molar-refractivity contribution is 0.195. The fourth-order valence-corrected chi connectivity index (χ4v) is 1.27. The lowest BCUT2D eigenvalue weighted by Crippen LogP contribution is -2.42. The summed E-state index contributed by atoms with van der Waals surface area (Å²) >= 11 is 0. The fourth-order valence-electron chi connectivity index (χ4n) is 1.27. The van der Waals surface area contributed by atoms with Crippen molar-refractivity contribution in [3.63, 3.8) is 0 Å². The Morgan fingerprint density at radius 3 is 2.80 bits per heavy atom.